The van der Waals surface area contributed by atoms with Crippen LogP contribution in [0.1, 0.15) is 25.3 Å². The third kappa shape index (κ3) is 3.21. The van der Waals surface area contributed by atoms with Gasteiger partial charge in [0.1, 0.15) is 13.2 Å². The van der Waals surface area contributed by atoms with Crippen molar-refractivity contribution in [2.75, 3.05) is 32.8 Å². The van der Waals surface area contributed by atoms with Crippen LogP contribution in [0.2, 0.25) is 0 Å². The molecule has 1 fully saturated rings. The Bertz CT molecular complexity index is 427. The van der Waals surface area contributed by atoms with E-state index in [4.69, 9.17) is 9.47 Å². The summed E-state index contributed by atoms with van der Waals surface area (Å²) in [5, 5.41) is 0. The molecule has 2 aliphatic heterocycles. The second-order valence-corrected chi connectivity index (χ2v) is 5.80. The largest absolute Gasteiger partial charge is 0.486 e. The first kappa shape index (κ1) is 12.8. The number of nitrogens with zero attached hydrogens (tertiary/aromatic N) is 1. The zero-order chi connectivity index (χ0) is 13.1. The predicted octanol–water partition coefficient (Wildman–Crippen LogP) is 2.73. The van der Waals surface area contributed by atoms with E-state index in [9.17, 15) is 0 Å². The van der Waals surface area contributed by atoms with E-state index in [1.54, 1.807) is 0 Å². The number of hydrogen-bond acceptors (Lipinski definition) is 3. The maximum atomic E-state index is 5.64. The number of hydrogen-bond donors (Lipinski definition) is 0. The van der Waals surface area contributed by atoms with Crippen molar-refractivity contribution in [3.63, 3.8) is 0 Å². The Kier molecular flexibility index (Phi) is 3.92. The molecule has 19 heavy (non-hydrogen) atoms. The molecule has 1 atom stereocenters. The quantitative estimate of drug-likeness (QED) is 0.832. The van der Waals surface area contributed by atoms with Crippen LogP contribution < -0.4 is 9.47 Å². The third-order valence-electron chi connectivity index (χ3n) is 3.96. The van der Waals surface area contributed by atoms with Crippen LogP contribution in [-0.2, 0) is 6.42 Å². The summed E-state index contributed by atoms with van der Waals surface area (Å²) in [4.78, 5) is 2.59. The Balaban J connectivity index is 1.59. The van der Waals surface area contributed by atoms with Gasteiger partial charge < -0.3 is 14.4 Å². The molecular weight excluding hydrogens is 238 g/mol. The van der Waals surface area contributed by atoms with E-state index in [1.165, 1.54) is 38.0 Å². The van der Waals surface area contributed by atoms with Gasteiger partial charge in [0.2, 0.25) is 0 Å². The van der Waals surface area contributed by atoms with Crippen LogP contribution in [0.15, 0.2) is 18.2 Å². The van der Waals surface area contributed by atoms with Gasteiger partial charge in [-0.1, -0.05) is 13.0 Å². The van der Waals surface area contributed by atoms with Crippen molar-refractivity contribution < 1.29 is 9.47 Å². The Hall–Kier alpha value is -1.22. The molecule has 0 amide bonds. The highest BCUT2D eigenvalue weighted by Crippen LogP contribution is 2.31. The molecule has 0 bridgehead atoms. The van der Waals surface area contributed by atoms with Gasteiger partial charge in [0, 0.05) is 6.54 Å². The molecule has 3 nitrogen and oxygen atoms in total. The Morgan fingerprint density at radius 2 is 1.84 bits per heavy atom. The highest BCUT2D eigenvalue weighted by Gasteiger charge is 2.16. The average Bonchev–Trinajstić information content (AvgIpc) is 2.91. The maximum absolute atomic E-state index is 5.64. The molecule has 0 aliphatic carbocycles. The Morgan fingerprint density at radius 3 is 2.63 bits per heavy atom. The van der Waals surface area contributed by atoms with E-state index in [0.717, 1.165) is 17.9 Å². The molecule has 2 aliphatic rings. The van der Waals surface area contributed by atoms with Gasteiger partial charge in [0.05, 0.1) is 0 Å². The van der Waals surface area contributed by atoms with Crippen LogP contribution in [0, 0.1) is 5.92 Å². The molecule has 1 unspecified atom stereocenters. The number of likely N-dealkylation sites (tertiary alicyclic amines) is 1. The lowest BCUT2D eigenvalue weighted by atomic mass is 10.00. The molecule has 2 heterocycles. The van der Waals surface area contributed by atoms with Crippen molar-refractivity contribution in [2.45, 2.75) is 26.2 Å². The third-order valence-corrected chi connectivity index (χ3v) is 3.96. The number of ether oxygens (including phenoxy) is 2. The normalized spacial score (nSPS) is 20.5. The zero-order valence-electron chi connectivity index (χ0n) is 11.7. The van der Waals surface area contributed by atoms with Gasteiger partial charge in [-0.2, -0.15) is 0 Å². The fourth-order valence-corrected chi connectivity index (χ4v) is 3.09. The molecule has 0 aromatic heterocycles. The Labute approximate surface area is 115 Å². The molecule has 104 valence electrons. The van der Waals surface area contributed by atoms with Gasteiger partial charge in [-0.15, -0.1) is 0 Å². The van der Waals surface area contributed by atoms with E-state index in [1.807, 2.05) is 6.07 Å². The van der Waals surface area contributed by atoms with Crippen molar-refractivity contribution in [3.8, 4) is 11.5 Å². The summed E-state index contributed by atoms with van der Waals surface area (Å²) < 4.78 is 11.2. The van der Waals surface area contributed by atoms with Gasteiger partial charge in [-0.05, 0) is 56.0 Å². The molecule has 1 aromatic rings. The summed E-state index contributed by atoms with van der Waals surface area (Å²) in [5.41, 5.74) is 1.36. The monoisotopic (exact) mass is 261 g/mol. The second kappa shape index (κ2) is 5.83. The van der Waals surface area contributed by atoms with Crippen LogP contribution in [0.4, 0.5) is 0 Å². The van der Waals surface area contributed by atoms with E-state index in [2.05, 4.69) is 24.0 Å². The van der Waals surface area contributed by atoms with E-state index in [0.29, 0.717) is 19.1 Å². The average molecular weight is 261 g/mol. The summed E-state index contributed by atoms with van der Waals surface area (Å²) in [6, 6.07) is 6.37. The lowest BCUT2D eigenvalue weighted by molar-refractivity contribution is 0.171. The van der Waals surface area contributed by atoms with E-state index >= 15 is 0 Å². The SMILES string of the molecule is CC(Cc1ccc2c(c1)OCCO2)CN1CCCC1. The number of benzene rings is 1. The molecule has 1 aromatic carbocycles. The zero-order valence-corrected chi connectivity index (χ0v) is 11.7. The van der Waals surface area contributed by atoms with Gasteiger partial charge in [-0.3, -0.25) is 0 Å². The fourth-order valence-electron chi connectivity index (χ4n) is 3.09. The first-order valence-electron chi connectivity index (χ1n) is 7.42. The van der Waals surface area contributed by atoms with Crippen LogP contribution >= 0.6 is 0 Å². The number of fused-ring (bicyclic) bond motifs is 1. The predicted molar refractivity (Wildman–Crippen MR) is 76.0 cm³/mol. The minimum absolute atomic E-state index is 0.664. The summed E-state index contributed by atoms with van der Waals surface area (Å²) in [6.45, 7) is 7.46. The molecular formula is C16H23NO2. The molecule has 0 radical (unpaired) electrons. The molecule has 0 N–H and O–H groups in total. The Morgan fingerprint density at radius 1 is 1.11 bits per heavy atom. The minimum atomic E-state index is 0.664. The standard InChI is InChI=1S/C16H23NO2/c1-13(12-17-6-2-3-7-17)10-14-4-5-15-16(11-14)19-9-8-18-15/h4-5,11,13H,2-3,6-10,12H2,1H3. The van der Waals surface area contributed by atoms with E-state index in [-0.39, 0.29) is 0 Å². The molecule has 3 rings (SSSR count). The van der Waals surface area contributed by atoms with Crippen molar-refractivity contribution in [1.82, 2.24) is 4.90 Å². The molecule has 3 heteroatoms. The van der Waals surface area contributed by atoms with Crippen LogP contribution in [0.3, 0.4) is 0 Å². The van der Waals surface area contributed by atoms with Gasteiger partial charge in [-0.25, -0.2) is 0 Å². The van der Waals surface area contributed by atoms with Gasteiger partial charge in [0.25, 0.3) is 0 Å². The van der Waals surface area contributed by atoms with Crippen molar-refractivity contribution in [2.24, 2.45) is 5.92 Å². The van der Waals surface area contributed by atoms with Crippen LogP contribution in [0.5, 0.6) is 11.5 Å². The molecule has 1 saturated heterocycles. The lowest BCUT2D eigenvalue weighted by Gasteiger charge is -2.22. The van der Waals surface area contributed by atoms with Crippen LogP contribution in [-0.4, -0.2) is 37.7 Å². The summed E-state index contributed by atoms with van der Waals surface area (Å²) in [6.07, 6.45) is 3.86. The van der Waals surface area contributed by atoms with Crippen LogP contribution in [0.25, 0.3) is 0 Å². The minimum Gasteiger partial charge on any atom is -0.486 e. The summed E-state index contributed by atoms with van der Waals surface area (Å²) >= 11 is 0. The van der Waals surface area contributed by atoms with Crippen molar-refractivity contribution in [1.29, 1.82) is 0 Å². The lowest BCUT2D eigenvalue weighted by Crippen LogP contribution is -2.26. The van der Waals surface area contributed by atoms with Gasteiger partial charge in [0.15, 0.2) is 11.5 Å². The summed E-state index contributed by atoms with van der Waals surface area (Å²) in [5.74, 6) is 2.50. The van der Waals surface area contributed by atoms with Crippen molar-refractivity contribution in [3.05, 3.63) is 23.8 Å². The summed E-state index contributed by atoms with van der Waals surface area (Å²) in [7, 11) is 0. The first-order valence-corrected chi connectivity index (χ1v) is 7.42. The van der Waals surface area contributed by atoms with Gasteiger partial charge >= 0.3 is 0 Å². The maximum Gasteiger partial charge on any atom is 0.161 e. The smallest absolute Gasteiger partial charge is 0.161 e. The highest BCUT2D eigenvalue weighted by atomic mass is 16.6. The van der Waals surface area contributed by atoms with Crippen molar-refractivity contribution >= 4 is 0 Å². The molecule has 0 spiro atoms. The molecule has 0 saturated carbocycles. The van der Waals surface area contributed by atoms with E-state index < -0.39 is 0 Å². The second-order valence-electron chi connectivity index (χ2n) is 5.80. The topological polar surface area (TPSA) is 21.7 Å². The number of rotatable bonds is 4. The highest BCUT2D eigenvalue weighted by molar-refractivity contribution is 5.43. The first-order chi connectivity index (χ1) is 9.31. The fraction of sp³-hybridized carbons (Fsp3) is 0.625.